The van der Waals surface area contributed by atoms with Crippen LogP contribution in [0.5, 0.6) is 0 Å². The maximum atomic E-state index is 6.15. The number of hydrogen-bond donors (Lipinski definition) is 1. The molecular formula is C21H17N5O. The summed E-state index contributed by atoms with van der Waals surface area (Å²) in [6, 6.07) is 20.1. The summed E-state index contributed by atoms with van der Waals surface area (Å²) in [4.78, 5) is 8.76. The summed E-state index contributed by atoms with van der Waals surface area (Å²) in [6.07, 6.45) is 3.32. The summed E-state index contributed by atoms with van der Waals surface area (Å²) in [5.74, 6) is 1.56. The molecule has 6 nitrogen and oxygen atoms in total. The molecule has 0 aliphatic heterocycles. The number of anilines is 1. The van der Waals surface area contributed by atoms with Crippen LogP contribution in [-0.4, -0.2) is 19.7 Å². The summed E-state index contributed by atoms with van der Waals surface area (Å²) in [5, 5.41) is 9.77. The number of nitrogens with one attached hydrogen (secondary N) is 1. The molecule has 0 spiro atoms. The number of para-hydroxylation sites is 1. The number of fused-ring (bicyclic) bond motifs is 2. The van der Waals surface area contributed by atoms with Crippen LogP contribution in [-0.2, 0) is 7.05 Å². The topological polar surface area (TPSA) is 68.8 Å². The number of benzene rings is 2. The van der Waals surface area contributed by atoms with Crippen molar-refractivity contribution in [2.24, 2.45) is 7.05 Å². The third kappa shape index (κ3) is 2.71. The standard InChI is InChI=1S/C21H17N5O/c1-26-21-16(12-24-26)20(22-13-23-21)25-19(14-7-3-2-4-8-14)18-11-15-9-5-6-10-17(15)27-18/h2-13,19H,1H3,(H,22,23,25)/t19-/m0/s1. The van der Waals surface area contributed by atoms with Gasteiger partial charge in [0.1, 0.15) is 29.5 Å². The van der Waals surface area contributed by atoms with Gasteiger partial charge in [-0.25, -0.2) is 9.97 Å². The summed E-state index contributed by atoms with van der Waals surface area (Å²) in [7, 11) is 1.87. The number of furan rings is 1. The third-order valence-electron chi connectivity index (χ3n) is 4.67. The second kappa shape index (κ2) is 6.25. The van der Waals surface area contributed by atoms with Crippen molar-refractivity contribution in [3.63, 3.8) is 0 Å². The highest BCUT2D eigenvalue weighted by molar-refractivity contribution is 5.86. The molecule has 3 aromatic heterocycles. The smallest absolute Gasteiger partial charge is 0.163 e. The Kier molecular flexibility index (Phi) is 3.60. The number of hydrogen-bond acceptors (Lipinski definition) is 5. The summed E-state index contributed by atoms with van der Waals surface area (Å²) in [5.41, 5.74) is 2.74. The lowest BCUT2D eigenvalue weighted by molar-refractivity contribution is 0.536. The lowest BCUT2D eigenvalue weighted by atomic mass is 10.0. The van der Waals surface area contributed by atoms with Crippen molar-refractivity contribution in [1.29, 1.82) is 0 Å². The largest absolute Gasteiger partial charge is 0.459 e. The van der Waals surface area contributed by atoms with Crippen molar-refractivity contribution in [2.45, 2.75) is 6.04 Å². The molecule has 0 saturated carbocycles. The van der Waals surface area contributed by atoms with Gasteiger partial charge < -0.3 is 9.73 Å². The van der Waals surface area contributed by atoms with Crippen LogP contribution in [0.2, 0.25) is 0 Å². The Hall–Kier alpha value is -3.67. The average molecular weight is 355 g/mol. The van der Waals surface area contributed by atoms with E-state index in [1.165, 1.54) is 0 Å². The van der Waals surface area contributed by atoms with E-state index in [1.807, 2.05) is 49.5 Å². The maximum Gasteiger partial charge on any atom is 0.163 e. The summed E-state index contributed by atoms with van der Waals surface area (Å²) in [6.45, 7) is 0. The van der Waals surface area contributed by atoms with E-state index in [9.17, 15) is 0 Å². The molecule has 5 aromatic rings. The van der Waals surface area contributed by atoms with Crippen molar-refractivity contribution in [3.05, 3.63) is 84.5 Å². The maximum absolute atomic E-state index is 6.15. The summed E-state index contributed by atoms with van der Waals surface area (Å²) >= 11 is 0. The molecule has 1 atom stereocenters. The van der Waals surface area contributed by atoms with Crippen LogP contribution in [0, 0.1) is 0 Å². The second-order valence-electron chi connectivity index (χ2n) is 6.40. The monoisotopic (exact) mass is 355 g/mol. The van der Waals surface area contributed by atoms with E-state index in [2.05, 4.69) is 38.6 Å². The molecule has 5 rings (SSSR count). The number of aromatic nitrogens is 4. The Morgan fingerprint density at radius 3 is 2.67 bits per heavy atom. The van der Waals surface area contributed by atoms with Gasteiger partial charge in [-0.3, -0.25) is 4.68 Å². The van der Waals surface area contributed by atoms with E-state index < -0.39 is 0 Å². The Morgan fingerprint density at radius 1 is 1.00 bits per heavy atom. The van der Waals surface area contributed by atoms with Crippen molar-refractivity contribution in [3.8, 4) is 0 Å². The fourth-order valence-electron chi connectivity index (χ4n) is 3.32. The zero-order chi connectivity index (χ0) is 18.2. The number of aryl methyl sites for hydroxylation is 1. The van der Waals surface area contributed by atoms with Gasteiger partial charge in [0.2, 0.25) is 0 Å². The molecular weight excluding hydrogens is 338 g/mol. The molecule has 0 amide bonds. The van der Waals surface area contributed by atoms with Crippen molar-refractivity contribution in [2.75, 3.05) is 5.32 Å². The van der Waals surface area contributed by atoms with E-state index in [0.29, 0.717) is 0 Å². The third-order valence-corrected chi connectivity index (χ3v) is 4.67. The lowest BCUT2D eigenvalue weighted by Gasteiger charge is -2.18. The van der Waals surface area contributed by atoms with Gasteiger partial charge in [-0.2, -0.15) is 5.10 Å². The van der Waals surface area contributed by atoms with Gasteiger partial charge in [0.05, 0.1) is 11.6 Å². The fraction of sp³-hybridized carbons (Fsp3) is 0.0952. The Bertz CT molecular complexity index is 1190. The fourth-order valence-corrected chi connectivity index (χ4v) is 3.32. The van der Waals surface area contributed by atoms with Gasteiger partial charge in [-0.1, -0.05) is 48.5 Å². The molecule has 0 saturated heterocycles. The van der Waals surface area contributed by atoms with Crippen LogP contribution < -0.4 is 5.32 Å². The Morgan fingerprint density at radius 2 is 1.81 bits per heavy atom. The van der Waals surface area contributed by atoms with E-state index >= 15 is 0 Å². The number of nitrogens with zero attached hydrogens (tertiary/aromatic N) is 4. The SMILES string of the molecule is Cn1ncc2c(N[C@@H](c3ccccc3)c3cc4ccccc4o3)ncnc21. The first-order chi connectivity index (χ1) is 13.3. The van der Waals surface area contributed by atoms with Crippen LogP contribution >= 0.6 is 0 Å². The van der Waals surface area contributed by atoms with Crippen LogP contribution in [0.25, 0.3) is 22.0 Å². The van der Waals surface area contributed by atoms with Crippen LogP contribution in [0.4, 0.5) is 5.82 Å². The minimum absolute atomic E-state index is 0.183. The van der Waals surface area contributed by atoms with Crippen LogP contribution in [0.15, 0.2) is 77.6 Å². The van der Waals surface area contributed by atoms with E-state index in [1.54, 1.807) is 17.2 Å². The predicted molar refractivity (Wildman–Crippen MR) is 104 cm³/mol. The average Bonchev–Trinajstić information content (AvgIpc) is 3.31. The van der Waals surface area contributed by atoms with Crippen LogP contribution in [0.1, 0.15) is 17.4 Å². The first kappa shape index (κ1) is 15.6. The molecule has 0 radical (unpaired) electrons. The minimum atomic E-state index is -0.183. The van der Waals surface area contributed by atoms with Gasteiger partial charge in [0.15, 0.2) is 5.65 Å². The van der Waals surface area contributed by atoms with Gasteiger partial charge in [-0.15, -0.1) is 0 Å². The molecule has 27 heavy (non-hydrogen) atoms. The van der Waals surface area contributed by atoms with Gasteiger partial charge in [0, 0.05) is 12.4 Å². The summed E-state index contributed by atoms with van der Waals surface area (Å²) < 4.78 is 7.88. The quantitative estimate of drug-likeness (QED) is 0.520. The second-order valence-corrected chi connectivity index (χ2v) is 6.40. The molecule has 0 aliphatic carbocycles. The van der Waals surface area contributed by atoms with Gasteiger partial charge >= 0.3 is 0 Å². The van der Waals surface area contributed by atoms with Crippen LogP contribution in [0.3, 0.4) is 0 Å². The molecule has 0 unspecified atom stereocenters. The van der Waals surface area contributed by atoms with Gasteiger partial charge in [0.25, 0.3) is 0 Å². The normalized spacial score (nSPS) is 12.5. The molecule has 3 heterocycles. The van der Waals surface area contributed by atoms with Gasteiger partial charge in [-0.05, 0) is 17.7 Å². The van der Waals surface area contributed by atoms with Crippen molar-refractivity contribution in [1.82, 2.24) is 19.7 Å². The molecule has 132 valence electrons. The number of rotatable bonds is 4. The van der Waals surface area contributed by atoms with E-state index in [0.717, 1.165) is 39.1 Å². The molecule has 6 heteroatoms. The molecule has 0 aliphatic rings. The highest BCUT2D eigenvalue weighted by Crippen LogP contribution is 2.32. The van der Waals surface area contributed by atoms with E-state index in [-0.39, 0.29) is 6.04 Å². The van der Waals surface area contributed by atoms with E-state index in [4.69, 9.17) is 4.42 Å². The minimum Gasteiger partial charge on any atom is -0.459 e. The van der Waals surface area contributed by atoms with Crippen molar-refractivity contribution < 1.29 is 4.42 Å². The molecule has 1 N–H and O–H groups in total. The zero-order valence-corrected chi connectivity index (χ0v) is 14.7. The predicted octanol–water partition coefficient (Wildman–Crippen LogP) is 4.31. The lowest BCUT2D eigenvalue weighted by Crippen LogP contribution is -2.13. The Labute approximate surface area is 155 Å². The Balaban J connectivity index is 1.64. The molecule has 0 bridgehead atoms. The highest BCUT2D eigenvalue weighted by Gasteiger charge is 2.20. The van der Waals surface area contributed by atoms with Crippen molar-refractivity contribution >= 4 is 27.8 Å². The molecule has 0 fully saturated rings. The highest BCUT2D eigenvalue weighted by atomic mass is 16.3. The molecule has 2 aromatic carbocycles. The first-order valence-electron chi connectivity index (χ1n) is 8.72. The zero-order valence-electron chi connectivity index (χ0n) is 14.7. The first-order valence-corrected chi connectivity index (χ1v) is 8.72.